The highest BCUT2D eigenvalue weighted by Gasteiger charge is 2.07. The van der Waals surface area contributed by atoms with Gasteiger partial charge in [-0.1, -0.05) is 0 Å². The molecule has 11 heavy (non-hydrogen) atoms. The molecule has 0 spiro atoms. The van der Waals surface area contributed by atoms with Crippen molar-refractivity contribution >= 4 is 5.91 Å². The molecule has 1 amide bonds. The molecule has 0 bridgehead atoms. The number of hydrogen-bond acceptors (Lipinski definition) is 3. The molecule has 2 N–H and O–H groups in total. The molecule has 0 unspecified atom stereocenters. The summed E-state index contributed by atoms with van der Waals surface area (Å²) in [4.78, 5) is 11.0. The Labute approximate surface area is 72.9 Å². The van der Waals surface area contributed by atoms with E-state index in [-0.39, 0.29) is 0 Å². The third-order valence-electron chi connectivity index (χ3n) is 1.08. The van der Waals surface area contributed by atoms with Crippen molar-refractivity contribution in [3.8, 4) is 0 Å². The van der Waals surface area contributed by atoms with Gasteiger partial charge in [0.15, 0.2) is 5.69 Å². The standard InChI is InChI=1S/C7H9N3O/c1-4-3-9-10-6(5(4)2)7(8)11/h3H,1-2H3,(H2,8,11)/i1D3,2D3. The van der Waals surface area contributed by atoms with Gasteiger partial charge in [0.2, 0.25) is 0 Å². The number of hydrogen-bond donors (Lipinski definition) is 1. The SMILES string of the molecule is [2H]C([2H])([2H])c1cnnc(C(N)=O)c1C([2H])([2H])[2H]. The number of carbonyl (C=O) groups excluding carboxylic acids is 1. The van der Waals surface area contributed by atoms with Crippen molar-refractivity contribution in [3.63, 3.8) is 0 Å². The fourth-order valence-corrected chi connectivity index (χ4v) is 0.559. The van der Waals surface area contributed by atoms with Crippen LogP contribution in [0.4, 0.5) is 0 Å². The summed E-state index contributed by atoms with van der Waals surface area (Å²) in [7, 11) is 0. The molecule has 0 aliphatic rings. The highest BCUT2D eigenvalue weighted by Crippen LogP contribution is 2.06. The lowest BCUT2D eigenvalue weighted by Gasteiger charge is -2.00. The maximum absolute atomic E-state index is 11.0. The highest BCUT2D eigenvalue weighted by atomic mass is 16.1. The number of aryl methyl sites for hydroxylation is 1. The van der Waals surface area contributed by atoms with E-state index in [9.17, 15) is 4.79 Å². The van der Waals surface area contributed by atoms with Crippen LogP contribution in [0.15, 0.2) is 6.20 Å². The second-order valence-corrected chi connectivity index (χ2v) is 1.85. The quantitative estimate of drug-likeness (QED) is 0.632. The van der Waals surface area contributed by atoms with Gasteiger partial charge in [-0.05, 0) is 24.8 Å². The number of aromatic nitrogens is 2. The van der Waals surface area contributed by atoms with Crippen LogP contribution in [0.2, 0.25) is 0 Å². The number of primary amides is 1. The summed E-state index contributed by atoms with van der Waals surface area (Å²) in [6, 6.07) is 0. The van der Waals surface area contributed by atoms with Crippen LogP contribution in [0.1, 0.15) is 29.8 Å². The van der Waals surface area contributed by atoms with Crippen LogP contribution in [0.5, 0.6) is 0 Å². The molecular formula is C7H9N3O. The van der Waals surface area contributed by atoms with Gasteiger partial charge in [0.05, 0.1) is 6.20 Å². The van der Waals surface area contributed by atoms with Crippen molar-refractivity contribution in [2.24, 2.45) is 5.73 Å². The minimum Gasteiger partial charge on any atom is -0.364 e. The Bertz CT molecular complexity index is 452. The molecule has 0 saturated carbocycles. The Balaban J connectivity index is 3.64. The second-order valence-electron chi connectivity index (χ2n) is 1.85. The zero-order valence-corrected chi connectivity index (χ0v) is 5.46. The first-order valence-electron chi connectivity index (χ1n) is 5.71. The molecule has 0 saturated heterocycles. The van der Waals surface area contributed by atoms with E-state index in [1.54, 1.807) is 0 Å². The van der Waals surface area contributed by atoms with Crippen LogP contribution >= 0.6 is 0 Å². The third-order valence-corrected chi connectivity index (χ3v) is 1.08. The molecule has 0 aliphatic carbocycles. The van der Waals surface area contributed by atoms with E-state index in [0.29, 0.717) is 0 Å². The molecule has 0 fully saturated rings. The van der Waals surface area contributed by atoms with Crippen molar-refractivity contribution in [1.82, 2.24) is 10.2 Å². The lowest BCUT2D eigenvalue weighted by atomic mass is 10.1. The fourth-order valence-electron chi connectivity index (χ4n) is 0.559. The maximum atomic E-state index is 11.0. The topological polar surface area (TPSA) is 68.9 Å². The summed E-state index contributed by atoms with van der Waals surface area (Å²) in [6.07, 6.45) is 0.807. The monoisotopic (exact) mass is 157 g/mol. The smallest absolute Gasteiger partial charge is 0.269 e. The summed E-state index contributed by atoms with van der Waals surface area (Å²) >= 11 is 0. The van der Waals surface area contributed by atoms with Gasteiger partial charge >= 0.3 is 0 Å². The number of rotatable bonds is 1. The van der Waals surface area contributed by atoms with Crippen molar-refractivity contribution in [3.05, 3.63) is 23.0 Å². The summed E-state index contributed by atoms with van der Waals surface area (Å²) in [6.45, 7) is -5.51. The average Bonchev–Trinajstić information content (AvgIpc) is 2.13. The third kappa shape index (κ3) is 1.34. The Hall–Kier alpha value is -1.45. The Kier molecular flexibility index (Phi) is 0.697. The van der Waals surface area contributed by atoms with Crippen LogP contribution in [-0.2, 0) is 0 Å². The molecule has 1 rings (SSSR count). The molecule has 58 valence electrons. The largest absolute Gasteiger partial charge is 0.364 e. The summed E-state index contributed by atoms with van der Waals surface area (Å²) in [5, 5.41) is 6.57. The molecular weight excluding hydrogens is 142 g/mol. The minimum atomic E-state index is -2.80. The van der Waals surface area contributed by atoms with Gasteiger partial charge in [0, 0.05) is 8.22 Å². The van der Waals surface area contributed by atoms with Crippen LogP contribution in [-0.4, -0.2) is 16.1 Å². The number of nitrogens with zero attached hydrogens (tertiary/aromatic N) is 2. The molecule has 1 aromatic heterocycles. The van der Waals surface area contributed by atoms with Gasteiger partial charge in [-0.2, -0.15) is 5.10 Å². The van der Waals surface area contributed by atoms with Crippen molar-refractivity contribution in [2.75, 3.05) is 0 Å². The maximum Gasteiger partial charge on any atom is 0.269 e. The lowest BCUT2D eigenvalue weighted by Crippen LogP contribution is -2.16. The molecule has 1 aromatic rings. The highest BCUT2D eigenvalue weighted by molar-refractivity contribution is 5.92. The lowest BCUT2D eigenvalue weighted by molar-refractivity contribution is 0.0994. The summed E-state index contributed by atoms with van der Waals surface area (Å²) in [5.41, 5.74) is 3.10. The first kappa shape index (κ1) is 2.89. The van der Waals surface area contributed by atoms with Crippen molar-refractivity contribution in [1.29, 1.82) is 0 Å². The Morgan fingerprint density at radius 1 is 1.73 bits per heavy atom. The predicted molar refractivity (Wildman–Crippen MR) is 40.0 cm³/mol. The minimum absolute atomic E-state index is 0.540. The molecule has 0 aliphatic heterocycles. The average molecular weight is 157 g/mol. The van der Waals surface area contributed by atoms with Crippen LogP contribution in [0.3, 0.4) is 0 Å². The normalized spacial score (nSPS) is 20.0. The van der Waals surface area contributed by atoms with Crippen LogP contribution in [0, 0.1) is 13.7 Å². The molecule has 0 atom stereocenters. The van der Waals surface area contributed by atoms with E-state index in [1.807, 2.05) is 0 Å². The van der Waals surface area contributed by atoms with E-state index in [0.717, 1.165) is 6.20 Å². The number of carbonyl (C=O) groups is 1. The van der Waals surface area contributed by atoms with E-state index < -0.39 is 36.4 Å². The summed E-state index contributed by atoms with van der Waals surface area (Å²) in [5.74, 6) is -1.13. The first-order chi connectivity index (χ1) is 7.55. The zero-order chi connectivity index (χ0) is 13.4. The molecule has 4 heteroatoms. The number of nitrogens with two attached hydrogens (primary N) is 1. The molecule has 4 nitrogen and oxygen atoms in total. The van der Waals surface area contributed by atoms with Crippen molar-refractivity contribution in [2.45, 2.75) is 13.7 Å². The second kappa shape index (κ2) is 2.65. The molecule has 0 radical (unpaired) electrons. The first-order valence-corrected chi connectivity index (χ1v) is 2.71. The van der Waals surface area contributed by atoms with Gasteiger partial charge in [-0.25, -0.2) is 0 Å². The van der Waals surface area contributed by atoms with E-state index in [2.05, 4.69) is 10.2 Å². The van der Waals surface area contributed by atoms with E-state index in [4.69, 9.17) is 14.0 Å². The van der Waals surface area contributed by atoms with Gasteiger partial charge in [0.25, 0.3) is 5.91 Å². The fraction of sp³-hybridized carbons (Fsp3) is 0.286. The van der Waals surface area contributed by atoms with Crippen molar-refractivity contribution < 1.29 is 13.0 Å². The van der Waals surface area contributed by atoms with Crippen LogP contribution in [0.25, 0.3) is 0 Å². The van der Waals surface area contributed by atoms with Gasteiger partial charge in [-0.15, -0.1) is 5.10 Å². The van der Waals surface area contributed by atoms with E-state index >= 15 is 0 Å². The zero-order valence-electron chi connectivity index (χ0n) is 11.5. The van der Waals surface area contributed by atoms with Gasteiger partial charge < -0.3 is 5.73 Å². The van der Waals surface area contributed by atoms with E-state index in [1.165, 1.54) is 0 Å². The Morgan fingerprint density at radius 2 is 2.55 bits per heavy atom. The van der Waals surface area contributed by atoms with Gasteiger partial charge in [-0.3, -0.25) is 4.79 Å². The molecule has 0 aromatic carbocycles. The predicted octanol–water partition coefficient (Wildman–Crippen LogP) is 0.192. The molecule has 1 heterocycles. The Morgan fingerprint density at radius 3 is 3.09 bits per heavy atom. The van der Waals surface area contributed by atoms with Crippen LogP contribution < -0.4 is 5.73 Å². The van der Waals surface area contributed by atoms with Gasteiger partial charge in [0.1, 0.15) is 0 Å². The summed E-state index contributed by atoms with van der Waals surface area (Å²) < 4.78 is 43.3. The number of amides is 1.